The van der Waals surface area contributed by atoms with Crippen molar-refractivity contribution in [2.75, 3.05) is 31.0 Å². The zero-order valence-electron chi connectivity index (χ0n) is 24.7. The molecule has 10 heteroatoms. The third-order valence-corrected chi connectivity index (χ3v) is 8.20. The maximum Gasteiger partial charge on any atom is 0.228 e. The number of anilines is 2. The normalized spacial score (nSPS) is 21.9. The number of ether oxygens (including phenoxy) is 2. The molecule has 1 aromatic carbocycles. The Morgan fingerprint density at radius 2 is 1.93 bits per heavy atom. The maximum absolute atomic E-state index is 13.5. The van der Waals surface area contributed by atoms with Crippen molar-refractivity contribution in [1.82, 2.24) is 14.5 Å². The monoisotopic (exact) mass is 586 g/mol. The number of carbonyl (C=O) groups excluding carboxylic acids is 1. The molecule has 3 aromatic rings. The van der Waals surface area contributed by atoms with Gasteiger partial charge in [-0.05, 0) is 85.4 Å². The Labute approximate surface area is 251 Å². The van der Waals surface area contributed by atoms with Gasteiger partial charge >= 0.3 is 0 Å². The minimum atomic E-state index is -0.303. The van der Waals surface area contributed by atoms with E-state index < -0.39 is 0 Å². The molecule has 1 amide bonds. The molecule has 2 unspecified atom stereocenters. The lowest BCUT2D eigenvalue weighted by molar-refractivity contribution is -0.121. The first-order valence-electron chi connectivity index (χ1n) is 14.8. The highest BCUT2D eigenvalue weighted by molar-refractivity contribution is 6.09. The van der Waals surface area contributed by atoms with Crippen LogP contribution in [0.1, 0.15) is 44.0 Å². The molecule has 3 heterocycles. The van der Waals surface area contributed by atoms with Gasteiger partial charge in [-0.15, -0.1) is 0 Å². The van der Waals surface area contributed by atoms with Gasteiger partial charge in [0.25, 0.3) is 0 Å². The highest BCUT2D eigenvalue weighted by Gasteiger charge is 2.28. The Morgan fingerprint density at radius 1 is 1.14 bits per heavy atom. The summed E-state index contributed by atoms with van der Waals surface area (Å²) in [5, 5.41) is 6.35. The molecule has 2 aliphatic rings. The molecule has 2 N–H and O–H groups in total. The molecule has 0 radical (unpaired) electrons. The largest absolute Gasteiger partial charge is 0.381 e. The van der Waals surface area contributed by atoms with E-state index in [2.05, 4.69) is 34.1 Å². The summed E-state index contributed by atoms with van der Waals surface area (Å²) in [5.74, 6) is 1.63. The zero-order valence-corrected chi connectivity index (χ0v) is 24.7. The van der Waals surface area contributed by atoms with Crippen molar-refractivity contribution in [2.24, 2.45) is 16.8 Å². The van der Waals surface area contributed by atoms with Crippen LogP contribution in [0.4, 0.5) is 15.9 Å². The van der Waals surface area contributed by atoms with Gasteiger partial charge in [0.1, 0.15) is 23.3 Å². The molecule has 0 saturated heterocycles. The first kappa shape index (κ1) is 30.3. The Kier molecular flexibility index (Phi) is 10.1. The van der Waals surface area contributed by atoms with E-state index in [0.29, 0.717) is 31.4 Å². The van der Waals surface area contributed by atoms with E-state index in [1.54, 1.807) is 37.7 Å². The lowest BCUT2D eigenvalue weighted by Crippen LogP contribution is -2.31. The highest BCUT2D eigenvalue weighted by atomic mass is 19.1. The molecule has 1 aliphatic heterocycles. The molecule has 0 bridgehead atoms. The number of aromatic nitrogens is 3. The number of nitrogens with zero attached hydrogens (tertiary/aromatic N) is 4. The number of hydrogen-bond donors (Lipinski definition) is 2. The third-order valence-electron chi connectivity index (χ3n) is 8.20. The molecule has 43 heavy (non-hydrogen) atoms. The number of methoxy groups -OCH3 is 1. The number of carbonyl (C=O) groups is 1. The van der Waals surface area contributed by atoms with E-state index in [1.807, 2.05) is 29.0 Å². The average Bonchev–Trinajstić information content (AvgIpc) is 3.49. The van der Waals surface area contributed by atoms with Crippen molar-refractivity contribution < 1.29 is 18.7 Å². The topological polar surface area (TPSA) is 103 Å². The number of halogens is 1. The van der Waals surface area contributed by atoms with Crippen LogP contribution in [0.2, 0.25) is 0 Å². The standard InChI is InChI=1S/C33H39FN6O3/c1-4-32-36-15-16-40(32)17-18-43-21-29-22(2)28(20-31(38-29)37-26-9-7-25(34)8-10-26)24-13-14-35-30(19-24)39-33(41)23-5-11-27(42-3)12-6-23/h4,7-10,13-16,19-20,22-23,27,29H,1,5-6,11-12,17-18,21H2,2-3H3,(H,37,38)(H,35,39,41). The highest BCUT2D eigenvalue weighted by Crippen LogP contribution is 2.33. The molecule has 5 rings (SSSR count). The molecule has 0 spiro atoms. The van der Waals surface area contributed by atoms with Gasteiger partial charge in [-0.2, -0.15) is 0 Å². The fraction of sp³-hybridized carbons (Fsp3) is 0.394. The van der Waals surface area contributed by atoms with Gasteiger partial charge in [0.2, 0.25) is 5.91 Å². The minimum Gasteiger partial charge on any atom is -0.381 e. The number of amides is 1. The van der Waals surface area contributed by atoms with Gasteiger partial charge < -0.3 is 24.7 Å². The molecule has 2 atom stereocenters. The molecule has 1 aliphatic carbocycles. The van der Waals surface area contributed by atoms with E-state index in [4.69, 9.17) is 14.5 Å². The van der Waals surface area contributed by atoms with Crippen LogP contribution in [-0.2, 0) is 20.8 Å². The van der Waals surface area contributed by atoms with Crippen molar-refractivity contribution in [3.8, 4) is 0 Å². The number of benzene rings is 1. The van der Waals surface area contributed by atoms with Crippen LogP contribution in [0.5, 0.6) is 0 Å². The van der Waals surface area contributed by atoms with E-state index >= 15 is 0 Å². The summed E-state index contributed by atoms with van der Waals surface area (Å²) in [6.07, 6.45) is 12.7. The van der Waals surface area contributed by atoms with Crippen LogP contribution in [0, 0.1) is 17.7 Å². The number of pyridine rings is 1. The summed E-state index contributed by atoms with van der Waals surface area (Å²) in [6.45, 7) is 7.47. The van der Waals surface area contributed by atoms with Crippen LogP contribution in [0.3, 0.4) is 0 Å². The van der Waals surface area contributed by atoms with Crippen LogP contribution in [-0.4, -0.2) is 58.7 Å². The Hall–Kier alpha value is -4.15. The average molecular weight is 587 g/mol. The quantitative estimate of drug-likeness (QED) is 0.274. The Morgan fingerprint density at radius 3 is 2.67 bits per heavy atom. The van der Waals surface area contributed by atoms with Crippen LogP contribution in [0.15, 0.2) is 72.6 Å². The number of nitrogens with one attached hydrogen (secondary N) is 2. The lowest BCUT2D eigenvalue weighted by atomic mass is 9.86. The second-order valence-corrected chi connectivity index (χ2v) is 11.0. The van der Waals surface area contributed by atoms with Crippen LogP contribution >= 0.6 is 0 Å². The molecule has 1 fully saturated rings. The predicted molar refractivity (Wildman–Crippen MR) is 167 cm³/mol. The molecule has 2 aromatic heterocycles. The number of aliphatic imine (C=N–C) groups is 1. The van der Waals surface area contributed by atoms with Gasteiger partial charge in [-0.25, -0.2) is 14.4 Å². The van der Waals surface area contributed by atoms with Crippen molar-refractivity contribution in [3.63, 3.8) is 0 Å². The number of hydrogen-bond acceptors (Lipinski definition) is 7. The summed E-state index contributed by atoms with van der Waals surface area (Å²) in [5.41, 5.74) is 2.71. The van der Waals surface area contributed by atoms with E-state index in [1.165, 1.54) is 12.1 Å². The van der Waals surface area contributed by atoms with Crippen LogP contribution < -0.4 is 10.6 Å². The molecule has 226 valence electrons. The second kappa shape index (κ2) is 14.3. The van der Waals surface area contributed by atoms with Crippen molar-refractivity contribution in [2.45, 2.75) is 51.3 Å². The summed E-state index contributed by atoms with van der Waals surface area (Å²) in [7, 11) is 1.73. The zero-order chi connectivity index (χ0) is 30.2. The minimum absolute atomic E-state index is 0.00566. The van der Waals surface area contributed by atoms with Gasteiger partial charge in [0, 0.05) is 49.8 Å². The first-order valence-corrected chi connectivity index (χ1v) is 14.8. The van der Waals surface area contributed by atoms with Gasteiger partial charge in [-0.3, -0.25) is 9.79 Å². The Balaban J connectivity index is 1.30. The van der Waals surface area contributed by atoms with Gasteiger partial charge in [-0.1, -0.05) is 13.5 Å². The van der Waals surface area contributed by atoms with Crippen LogP contribution in [0.25, 0.3) is 11.6 Å². The predicted octanol–water partition coefficient (Wildman–Crippen LogP) is 5.83. The summed E-state index contributed by atoms with van der Waals surface area (Å²) in [6, 6.07) is 9.85. The van der Waals surface area contributed by atoms with E-state index in [9.17, 15) is 9.18 Å². The van der Waals surface area contributed by atoms with Crippen molar-refractivity contribution in [1.29, 1.82) is 0 Å². The second-order valence-electron chi connectivity index (χ2n) is 11.0. The number of rotatable bonds is 11. The Bertz CT molecular complexity index is 1460. The van der Waals surface area contributed by atoms with E-state index in [-0.39, 0.29) is 35.7 Å². The number of amidine groups is 1. The van der Waals surface area contributed by atoms with Crippen molar-refractivity contribution in [3.05, 3.63) is 84.8 Å². The maximum atomic E-state index is 13.5. The first-order chi connectivity index (χ1) is 20.9. The smallest absolute Gasteiger partial charge is 0.228 e. The van der Waals surface area contributed by atoms with Gasteiger partial charge in [0.05, 0.1) is 25.4 Å². The third kappa shape index (κ3) is 7.82. The molecule has 9 nitrogen and oxygen atoms in total. The summed E-state index contributed by atoms with van der Waals surface area (Å²) in [4.78, 5) is 26.7. The number of imidazole rings is 1. The lowest BCUT2D eigenvalue weighted by Gasteiger charge is -2.29. The summed E-state index contributed by atoms with van der Waals surface area (Å²) < 4.78 is 27.1. The molecule has 1 saturated carbocycles. The number of dihydropyridines is 1. The van der Waals surface area contributed by atoms with E-state index in [0.717, 1.165) is 48.3 Å². The fourth-order valence-electron chi connectivity index (χ4n) is 5.63. The molecular formula is C33H39FN6O3. The fourth-order valence-corrected chi connectivity index (χ4v) is 5.63. The summed E-state index contributed by atoms with van der Waals surface area (Å²) >= 11 is 0. The van der Waals surface area contributed by atoms with Gasteiger partial charge in [0.15, 0.2) is 0 Å². The van der Waals surface area contributed by atoms with Crippen molar-refractivity contribution >= 4 is 34.9 Å². The molecular weight excluding hydrogens is 547 g/mol. The SMILES string of the molecule is C=Cc1nccn1CCOCC1N=C(Nc2ccc(F)cc2)C=C(c2ccnc(NC(=O)C3CCC(OC)CC3)c2)C1C.